The molecule has 0 saturated heterocycles. The van der Waals surface area contributed by atoms with Gasteiger partial charge in [-0.2, -0.15) is 0 Å². The lowest BCUT2D eigenvalue weighted by Crippen LogP contribution is -2.29. The maximum Gasteiger partial charge on any atom is 0.175 e. The van der Waals surface area contributed by atoms with E-state index in [-0.39, 0.29) is 0 Å². The molecule has 0 aliphatic rings. The molecule has 0 aliphatic carbocycles. The number of ether oxygens (including phenoxy) is 2. The maximum absolute atomic E-state index is 6.12. The molecule has 0 radical (unpaired) electrons. The van der Waals surface area contributed by atoms with E-state index in [1.165, 1.54) is 68.4 Å². The number of halogens is 1. The number of nitrogens with one attached hydrogen (secondary N) is 1. The summed E-state index contributed by atoms with van der Waals surface area (Å²) in [6, 6.07) is 12.5. The van der Waals surface area contributed by atoms with E-state index in [1.807, 2.05) is 12.1 Å². The minimum atomic E-state index is 0.520. The zero-order chi connectivity index (χ0) is 23.2. The zero-order valence-electron chi connectivity index (χ0n) is 20.4. The first-order chi connectivity index (χ1) is 15.6. The van der Waals surface area contributed by atoms with Crippen LogP contribution in [0.25, 0.3) is 0 Å². The van der Waals surface area contributed by atoms with Crippen LogP contribution in [-0.2, 0) is 13.2 Å². The van der Waals surface area contributed by atoms with Gasteiger partial charge in [-0.15, -0.1) is 0 Å². The van der Waals surface area contributed by atoms with Crippen molar-refractivity contribution in [2.75, 3.05) is 33.3 Å². The summed E-state index contributed by atoms with van der Waals surface area (Å²) in [4.78, 5) is 2.62. The van der Waals surface area contributed by atoms with Crippen LogP contribution in [-0.4, -0.2) is 38.2 Å². The van der Waals surface area contributed by atoms with E-state index >= 15 is 0 Å². The van der Waals surface area contributed by atoms with Gasteiger partial charge in [-0.05, 0) is 97.1 Å². The summed E-state index contributed by atoms with van der Waals surface area (Å²) in [6.07, 6.45) is 6.29. The van der Waals surface area contributed by atoms with Crippen LogP contribution in [0, 0.1) is 6.92 Å². The third kappa shape index (κ3) is 9.13. The van der Waals surface area contributed by atoms with Crippen molar-refractivity contribution in [1.82, 2.24) is 10.2 Å². The van der Waals surface area contributed by atoms with Crippen LogP contribution < -0.4 is 14.8 Å². The summed E-state index contributed by atoms with van der Waals surface area (Å²) in [5.74, 6) is 1.51. The molecule has 2 aromatic carbocycles. The smallest absolute Gasteiger partial charge is 0.175 e. The third-order valence-electron chi connectivity index (χ3n) is 5.74. The molecule has 0 bridgehead atoms. The summed E-state index contributed by atoms with van der Waals surface area (Å²) < 4.78 is 12.7. The summed E-state index contributed by atoms with van der Waals surface area (Å²) in [6.45, 7) is 12.6. The van der Waals surface area contributed by atoms with E-state index in [0.29, 0.717) is 6.61 Å². The zero-order valence-corrected chi connectivity index (χ0v) is 22.0. The SMILES string of the molecule is CCCCN(CCCC)CCCNCc1cc(Br)c(OCc2ccccc2C)c(OC)c1. The highest BCUT2D eigenvalue weighted by Crippen LogP contribution is 2.37. The predicted octanol–water partition coefficient (Wildman–Crippen LogP) is 6.73. The normalized spacial score (nSPS) is 11.2. The average molecular weight is 506 g/mol. The Hall–Kier alpha value is -1.56. The Morgan fingerprint density at radius 3 is 2.31 bits per heavy atom. The monoisotopic (exact) mass is 504 g/mol. The van der Waals surface area contributed by atoms with Crippen LogP contribution in [0.15, 0.2) is 40.9 Å². The van der Waals surface area contributed by atoms with Gasteiger partial charge in [0.2, 0.25) is 0 Å². The molecule has 0 amide bonds. The molecule has 0 aliphatic heterocycles. The number of unbranched alkanes of at least 4 members (excludes halogenated alkanes) is 2. The van der Waals surface area contributed by atoms with Gasteiger partial charge in [0.25, 0.3) is 0 Å². The van der Waals surface area contributed by atoms with Gasteiger partial charge >= 0.3 is 0 Å². The first kappa shape index (κ1) is 26.7. The predicted molar refractivity (Wildman–Crippen MR) is 139 cm³/mol. The molecule has 178 valence electrons. The Balaban J connectivity index is 1.84. The second-order valence-corrected chi connectivity index (χ2v) is 9.26. The Labute approximate surface area is 203 Å². The first-order valence-corrected chi connectivity index (χ1v) is 12.8. The topological polar surface area (TPSA) is 33.7 Å². The number of rotatable bonds is 16. The van der Waals surface area contributed by atoms with E-state index in [2.05, 4.69) is 71.2 Å². The van der Waals surface area contributed by atoms with Crippen LogP contribution in [0.4, 0.5) is 0 Å². The lowest BCUT2D eigenvalue weighted by molar-refractivity contribution is 0.261. The highest BCUT2D eigenvalue weighted by Gasteiger charge is 2.13. The minimum absolute atomic E-state index is 0.520. The van der Waals surface area contributed by atoms with Crippen molar-refractivity contribution in [1.29, 1.82) is 0 Å². The number of aryl methyl sites for hydroxylation is 1. The minimum Gasteiger partial charge on any atom is -0.493 e. The molecule has 0 aromatic heterocycles. The number of nitrogens with zero attached hydrogens (tertiary/aromatic N) is 1. The largest absolute Gasteiger partial charge is 0.493 e. The van der Waals surface area contributed by atoms with Gasteiger partial charge in [0, 0.05) is 6.54 Å². The van der Waals surface area contributed by atoms with Crippen LogP contribution in [0.3, 0.4) is 0 Å². The van der Waals surface area contributed by atoms with E-state index in [0.717, 1.165) is 29.1 Å². The van der Waals surface area contributed by atoms with Crippen molar-refractivity contribution in [2.24, 2.45) is 0 Å². The lowest BCUT2D eigenvalue weighted by Gasteiger charge is -2.22. The van der Waals surface area contributed by atoms with Gasteiger partial charge in [0.15, 0.2) is 11.5 Å². The average Bonchev–Trinajstić information content (AvgIpc) is 2.80. The molecular formula is C27H41BrN2O2. The molecule has 32 heavy (non-hydrogen) atoms. The number of methoxy groups -OCH3 is 1. The fourth-order valence-electron chi connectivity index (χ4n) is 3.70. The number of benzene rings is 2. The summed E-state index contributed by atoms with van der Waals surface area (Å²) in [5, 5.41) is 3.59. The first-order valence-electron chi connectivity index (χ1n) is 12.1. The highest BCUT2D eigenvalue weighted by molar-refractivity contribution is 9.10. The molecule has 0 saturated carbocycles. The van der Waals surface area contributed by atoms with Crippen molar-refractivity contribution in [3.63, 3.8) is 0 Å². The van der Waals surface area contributed by atoms with Gasteiger partial charge in [0.05, 0.1) is 11.6 Å². The van der Waals surface area contributed by atoms with Crippen LogP contribution in [0.2, 0.25) is 0 Å². The fourth-order valence-corrected chi connectivity index (χ4v) is 4.30. The van der Waals surface area contributed by atoms with E-state index in [4.69, 9.17) is 9.47 Å². The highest BCUT2D eigenvalue weighted by atomic mass is 79.9. The molecule has 2 rings (SSSR count). The Bertz CT molecular complexity index is 789. The molecule has 1 N–H and O–H groups in total. The van der Waals surface area contributed by atoms with Gasteiger partial charge in [-0.1, -0.05) is 51.0 Å². The Kier molecular flexibility index (Phi) is 12.8. The van der Waals surface area contributed by atoms with E-state index in [9.17, 15) is 0 Å². The lowest BCUT2D eigenvalue weighted by atomic mass is 10.1. The summed E-state index contributed by atoms with van der Waals surface area (Å²) in [5.41, 5.74) is 3.59. The van der Waals surface area contributed by atoms with Gasteiger partial charge in [-0.25, -0.2) is 0 Å². The molecule has 2 aromatic rings. The summed E-state index contributed by atoms with van der Waals surface area (Å²) >= 11 is 3.68. The van der Waals surface area contributed by atoms with Crippen molar-refractivity contribution in [3.8, 4) is 11.5 Å². The second-order valence-electron chi connectivity index (χ2n) is 8.40. The van der Waals surface area contributed by atoms with Crippen molar-refractivity contribution in [2.45, 2.75) is 66.0 Å². The molecule has 0 spiro atoms. The fraction of sp³-hybridized carbons (Fsp3) is 0.556. The molecule has 5 heteroatoms. The quantitative estimate of drug-likeness (QED) is 0.257. The standard InChI is InChI=1S/C27H41BrN2O2/c1-5-7-15-30(16-8-6-2)17-11-14-29-20-23-18-25(28)27(26(19-23)31-4)32-21-24-13-10-9-12-22(24)3/h9-10,12-13,18-19,29H,5-8,11,14-17,20-21H2,1-4H3. The van der Waals surface area contributed by atoms with Crippen LogP contribution >= 0.6 is 15.9 Å². The van der Waals surface area contributed by atoms with Gasteiger partial charge < -0.3 is 19.7 Å². The number of hydrogen-bond donors (Lipinski definition) is 1. The molecule has 0 atom stereocenters. The van der Waals surface area contributed by atoms with E-state index in [1.54, 1.807) is 7.11 Å². The Morgan fingerprint density at radius 2 is 1.66 bits per heavy atom. The van der Waals surface area contributed by atoms with Crippen LogP contribution in [0.1, 0.15) is 62.6 Å². The number of hydrogen-bond acceptors (Lipinski definition) is 4. The van der Waals surface area contributed by atoms with Crippen molar-refractivity contribution >= 4 is 15.9 Å². The van der Waals surface area contributed by atoms with Gasteiger partial charge in [0.1, 0.15) is 6.61 Å². The maximum atomic E-state index is 6.12. The second kappa shape index (κ2) is 15.3. The third-order valence-corrected chi connectivity index (χ3v) is 6.32. The molecule has 0 unspecified atom stereocenters. The molecular weight excluding hydrogens is 464 g/mol. The summed E-state index contributed by atoms with van der Waals surface area (Å²) in [7, 11) is 1.70. The van der Waals surface area contributed by atoms with Crippen LogP contribution in [0.5, 0.6) is 11.5 Å². The van der Waals surface area contributed by atoms with Gasteiger partial charge in [-0.3, -0.25) is 0 Å². The molecule has 0 heterocycles. The van der Waals surface area contributed by atoms with E-state index < -0.39 is 0 Å². The van der Waals surface area contributed by atoms with Crippen molar-refractivity contribution < 1.29 is 9.47 Å². The Morgan fingerprint density at radius 1 is 0.969 bits per heavy atom. The van der Waals surface area contributed by atoms with Crippen molar-refractivity contribution in [3.05, 3.63) is 57.6 Å². The molecule has 4 nitrogen and oxygen atoms in total. The molecule has 0 fully saturated rings.